The quantitative estimate of drug-likeness (QED) is 0.157. The number of rotatable bonds is 7. The molecule has 196 valence electrons. The van der Waals surface area contributed by atoms with Gasteiger partial charge in [0.25, 0.3) is 11.1 Å². The zero-order valence-corrected chi connectivity index (χ0v) is 25.3. The Morgan fingerprint density at radius 3 is 2.36 bits per heavy atom. The SMILES string of the molecule is O=C(CN1C(=O)S/C(=C\c2cc(I)c(OCc3ccc4ccccc4c3)c(I)c2)C1=O)Nc1ccc(F)cc1. The fourth-order valence-electron chi connectivity index (χ4n) is 3.95. The number of ether oxygens (including phenoxy) is 1. The molecule has 0 aromatic heterocycles. The van der Waals surface area contributed by atoms with Crippen LogP contribution in [0, 0.1) is 13.0 Å². The number of carbonyl (C=O) groups is 3. The Balaban J connectivity index is 1.25. The lowest BCUT2D eigenvalue weighted by Gasteiger charge is -2.13. The van der Waals surface area contributed by atoms with Gasteiger partial charge in [-0.05, 0) is 127 Å². The van der Waals surface area contributed by atoms with Gasteiger partial charge in [0.15, 0.2) is 0 Å². The molecule has 4 aromatic carbocycles. The highest BCUT2D eigenvalue weighted by molar-refractivity contribution is 14.1. The van der Waals surface area contributed by atoms with Crippen LogP contribution in [0.15, 0.2) is 83.8 Å². The number of anilines is 1. The first kappa shape index (κ1) is 27.6. The van der Waals surface area contributed by atoms with E-state index in [4.69, 9.17) is 4.74 Å². The number of nitrogens with one attached hydrogen (secondary N) is 1. The first-order valence-corrected chi connectivity index (χ1v) is 14.6. The molecule has 39 heavy (non-hydrogen) atoms. The van der Waals surface area contributed by atoms with E-state index in [-0.39, 0.29) is 4.91 Å². The van der Waals surface area contributed by atoms with Gasteiger partial charge < -0.3 is 10.1 Å². The third-order valence-corrected chi connectivity index (χ3v) is 8.33. The van der Waals surface area contributed by atoms with Crippen molar-refractivity contribution in [2.45, 2.75) is 6.61 Å². The van der Waals surface area contributed by atoms with Crippen molar-refractivity contribution < 1.29 is 23.5 Å². The van der Waals surface area contributed by atoms with Crippen molar-refractivity contribution in [2.24, 2.45) is 0 Å². The number of hydrogen-bond donors (Lipinski definition) is 1. The van der Waals surface area contributed by atoms with Gasteiger partial charge in [-0.3, -0.25) is 19.3 Å². The Morgan fingerprint density at radius 2 is 1.64 bits per heavy atom. The molecule has 0 radical (unpaired) electrons. The van der Waals surface area contributed by atoms with E-state index in [1.54, 1.807) is 6.08 Å². The molecule has 1 aliphatic rings. The molecule has 0 spiro atoms. The van der Waals surface area contributed by atoms with E-state index in [1.807, 2.05) is 30.3 Å². The van der Waals surface area contributed by atoms with Crippen LogP contribution in [-0.4, -0.2) is 28.5 Å². The van der Waals surface area contributed by atoms with Crippen molar-refractivity contribution >= 4 is 96.5 Å². The Labute approximate surface area is 255 Å². The molecular formula is C29H19FI2N2O4S. The number of fused-ring (bicyclic) bond motifs is 1. The molecule has 0 saturated carbocycles. The van der Waals surface area contributed by atoms with E-state index in [9.17, 15) is 18.8 Å². The van der Waals surface area contributed by atoms with Crippen molar-refractivity contribution in [3.05, 3.63) is 108 Å². The standard InChI is InChI=1S/C29H19FI2N2O4S/c30-21-7-9-22(10-8-21)33-26(35)15-34-28(36)25(39-29(34)37)14-18-12-23(31)27(24(32)13-18)38-16-17-5-6-19-3-1-2-4-20(19)11-17/h1-14H,15-16H2,(H,33,35)/b25-14-. The first-order chi connectivity index (χ1) is 18.8. The summed E-state index contributed by atoms with van der Waals surface area (Å²) in [5.41, 5.74) is 2.17. The zero-order chi connectivity index (χ0) is 27.5. The largest absolute Gasteiger partial charge is 0.487 e. The fourth-order valence-corrected chi connectivity index (χ4v) is 6.92. The second-order valence-corrected chi connectivity index (χ2v) is 11.9. The molecule has 1 heterocycles. The average molecular weight is 764 g/mol. The molecular weight excluding hydrogens is 745 g/mol. The van der Waals surface area contributed by atoms with Crippen molar-refractivity contribution in [3.8, 4) is 5.75 Å². The highest BCUT2D eigenvalue weighted by Gasteiger charge is 2.36. The van der Waals surface area contributed by atoms with E-state index >= 15 is 0 Å². The van der Waals surface area contributed by atoms with Crippen molar-refractivity contribution in [3.63, 3.8) is 0 Å². The molecule has 5 rings (SSSR count). The van der Waals surface area contributed by atoms with Crippen LogP contribution in [0.4, 0.5) is 14.9 Å². The molecule has 0 unspecified atom stereocenters. The van der Waals surface area contributed by atoms with Gasteiger partial charge >= 0.3 is 0 Å². The first-order valence-electron chi connectivity index (χ1n) is 11.7. The number of amides is 3. The lowest BCUT2D eigenvalue weighted by Crippen LogP contribution is -2.36. The van der Waals surface area contributed by atoms with Gasteiger partial charge in [-0.25, -0.2) is 4.39 Å². The monoisotopic (exact) mass is 764 g/mol. The average Bonchev–Trinajstić information content (AvgIpc) is 3.16. The van der Waals surface area contributed by atoms with Crippen LogP contribution >= 0.6 is 56.9 Å². The summed E-state index contributed by atoms with van der Waals surface area (Å²) in [7, 11) is 0. The second-order valence-electron chi connectivity index (χ2n) is 8.61. The molecule has 1 N–H and O–H groups in total. The molecule has 0 bridgehead atoms. The highest BCUT2D eigenvalue weighted by atomic mass is 127. The molecule has 1 saturated heterocycles. The smallest absolute Gasteiger partial charge is 0.294 e. The summed E-state index contributed by atoms with van der Waals surface area (Å²) in [6, 6.07) is 23.4. The van der Waals surface area contributed by atoms with Gasteiger partial charge in [-0.2, -0.15) is 0 Å². The van der Waals surface area contributed by atoms with Gasteiger partial charge in [0.2, 0.25) is 5.91 Å². The maximum Gasteiger partial charge on any atom is 0.294 e. The number of carbonyl (C=O) groups excluding carboxylic acids is 3. The number of imide groups is 1. The zero-order valence-electron chi connectivity index (χ0n) is 20.1. The Kier molecular flexibility index (Phi) is 8.52. The van der Waals surface area contributed by atoms with Crippen LogP contribution in [0.25, 0.3) is 16.8 Å². The Bertz CT molecular complexity index is 1620. The predicted octanol–water partition coefficient (Wildman–Crippen LogP) is 7.44. The minimum atomic E-state index is -0.554. The minimum absolute atomic E-state index is 0.228. The fraction of sp³-hybridized carbons (Fsp3) is 0.0690. The lowest BCUT2D eigenvalue weighted by molar-refractivity contribution is -0.127. The molecule has 1 aliphatic heterocycles. The van der Waals surface area contributed by atoms with E-state index < -0.39 is 29.4 Å². The number of thioether (sulfide) groups is 1. The Morgan fingerprint density at radius 1 is 0.949 bits per heavy atom. The molecule has 6 nitrogen and oxygen atoms in total. The van der Waals surface area contributed by atoms with Gasteiger partial charge in [-0.15, -0.1) is 0 Å². The van der Waals surface area contributed by atoms with Crippen LogP contribution in [0.3, 0.4) is 0 Å². The molecule has 4 aromatic rings. The molecule has 10 heteroatoms. The number of halogens is 3. The van der Waals surface area contributed by atoms with Crippen LogP contribution < -0.4 is 10.1 Å². The number of hydrogen-bond acceptors (Lipinski definition) is 5. The third-order valence-electron chi connectivity index (χ3n) is 5.82. The lowest BCUT2D eigenvalue weighted by atomic mass is 10.1. The molecule has 1 fully saturated rings. The molecule has 0 atom stereocenters. The van der Waals surface area contributed by atoms with Crippen LogP contribution in [-0.2, 0) is 16.2 Å². The van der Waals surface area contributed by atoms with E-state index in [1.165, 1.54) is 29.7 Å². The Hall–Kier alpha value is -2.97. The van der Waals surface area contributed by atoms with Gasteiger partial charge in [0.1, 0.15) is 24.7 Å². The third kappa shape index (κ3) is 6.61. The number of benzene rings is 4. The highest BCUT2D eigenvalue weighted by Crippen LogP contribution is 2.35. The van der Waals surface area contributed by atoms with Gasteiger partial charge in [0, 0.05) is 5.69 Å². The van der Waals surface area contributed by atoms with Crippen molar-refractivity contribution in [2.75, 3.05) is 11.9 Å². The minimum Gasteiger partial charge on any atom is -0.487 e. The maximum absolute atomic E-state index is 13.1. The van der Waals surface area contributed by atoms with E-state index in [0.717, 1.165) is 46.1 Å². The van der Waals surface area contributed by atoms with Gasteiger partial charge in [-0.1, -0.05) is 36.4 Å². The van der Waals surface area contributed by atoms with Crippen LogP contribution in [0.1, 0.15) is 11.1 Å². The maximum atomic E-state index is 13.1. The van der Waals surface area contributed by atoms with Crippen LogP contribution in [0.5, 0.6) is 5.75 Å². The van der Waals surface area contributed by atoms with E-state index in [2.05, 4.69) is 74.8 Å². The summed E-state index contributed by atoms with van der Waals surface area (Å²) in [4.78, 5) is 38.9. The summed E-state index contributed by atoms with van der Waals surface area (Å²) >= 11 is 5.17. The number of nitrogens with zero attached hydrogens (tertiary/aromatic N) is 1. The normalized spacial score (nSPS) is 14.3. The van der Waals surface area contributed by atoms with Crippen molar-refractivity contribution in [1.82, 2.24) is 4.90 Å². The summed E-state index contributed by atoms with van der Waals surface area (Å²) in [6.45, 7) is -0.0228. The van der Waals surface area contributed by atoms with Crippen LogP contribution in [0.2, 0.25) is 0 Å². The molecule has 3 amide bonds. The van der Waals surface area contributed by atoms with Gasteiger partial charge in [0.05, 0.1) is 12.0 Å². The topological polar surface area (TPSA) is 75.7 Å². The summed E-state index contributed by atoms with van der Waals surface area (Å²) in [6.07, 6.45) is 1.64. The summed E-state index contributed by atoms with van der Waals surface area (Å²) in [5.74, 6) is -0.784. The van der Waals surface area contributed by atoms with E-state index in [0.29, 0.717) is 12.3 Å². The summed E-state index contributed by atoms with van der Waals surface area (Å²) < 4.78 is 21.0. The second kappa shape index (κ2) is 12.0. The summed E-state index contributed by atoms with van der Waals surface area (Å²) in [5, 5.41) is 4.36. The predicted molar refractivity (Wildman–Crippen MR) is 168 cm³/mol. The molecule has 0 aliphatic carbocycles. The van der Waals surface area contributed by atoms with Crippen molar-refractivity contribution in [1.29, 1.82) is 0 Å².